The molecular weight excluding hydrogens is 530 g/mol. The van der Waals surface area contributed by atoms with Crippen molar-refractivity contribution in [1.29, 1.82) is 0 Å². The Morgan fingerprint density at radius 3 is 2.31 bits per heavy atom. The Bertz CT molecular complexity index is 1170. The van der Waals surface area contributed by atoms with Crippen LogP contribution in [0.15, 0.2) is 41.8 Å². The average molecular weight is 564 g/mol. The molecule has 3 amide bonds. The lowest BCUT2D eigenvalue weighted by Gasteiger charge is -2.49. The number of esters is 2. The average Bonchev–Trinajstić information content (AvgIpc) is 2.84. The fraction of sp³-hybridized carbons (Fsp3) is 0.500. The molecule has 1 fully saturated rings. The van der Waals surface area contributed by atoms with Gasteiger partial charge in [-0.15, -0.1) is 11.8 Å². The standard InChI is InChI=1S/C26H33N3O9S/c1-25(2,3)23(34)37-13-36-22(33)18-15(30)12-39-21-17(20(32)29(18)21)27-19(31)16(14-10-8-7-9-11-14)28-24(35)38-26(4,5)6/h7-11,16-17,21,30H,12-13H2,1-6H3,(H,27,31)(H,28,35)/t16?,17?,21-/m1/s1. The second-order valence-electron chi connectivity index (χ2n) is 10.9. The molecule has 2 unspecified atom stereocenters. The smallest absolute Gasteiger partial charge is 0.408 e. The topological polar surface area (TPSA) is 161 Å². The van der Waals surface area contributed by atoms with Gasteiger partial charge in [-0.1, -0.05) is 30.3 Å². The number of nitrogens with one attached hydrogen (secondary N) is 2. The number of carbonyl (C=O) groups is 5. The number of benzene rings is 1. The molecule has 3 rings (SSSR count). The predicted octanol–water partition coefficient (Wildman–Crippen LogP) is 2.51. The number of thioether (sulfide) groups is 1. The van der Waals surface area contributed by atoms with Crippen molar-refractivity contribution in [3.05, 3.63) is 47.4 Å². The quantitative estimate of drug-likeness (QED) is 0.255. The zero-order valence-corrected chi connectivity index (χ0v) is 23.4. The zero-order chi connectivity index (χ0) is 29.1. The fourth-order valence-electron chi connectivity index (χ4n) is 3.62. The maximum Gasteiger partial charge on any atom is 0.408 e. The Balaban J connectivity index is 1.69. The van der Waals surface area contributed by atoms with Crippen molar-refractivity contribution < 1.29 is 43.3 Å². The molecule has 2 aliphatic heterocycles. The van der Waals surface area contributed by atoms with Gasteiger partial charge >= 0.3 is 18.0 Å². The number of alkyl carbamates (subject to hydrolysis) is 1. The summed E-state index contributed by atoms with van der Waals surface area (Å²) in [5.41, 5.74) is -1.52. The third-order valence-electron chi connectivity index (χ3n) is 5.49. The summed E-state index contributed by atoms with van der Waals surface area (Å²) in [5.74, 6) is -3.37. The minimum atomic E-state index is -1.16. The molecule has 1 saturated heterocycles. The number of β-lactam (4-membered cyclic amide) rings is 1. The summed E-state index contributed by atoms with van der Waals surface area (Å²) in [6.45, 7) is 9.26. The SMILES string of the molecule is CC(C)(C)OC(=O)NC(C(=O)NC1C(=O)N2C(C(=O)OCOC(=O)C(C)(C)C)=C(O)CS[C@H]12)c1ccccc1. The number of aliphatic hydroxyl groups is 1. The Hall–Kier alpha value is -3.74. The Morgan fingerprint density at radius 2 is 1.72 bits per heavy atom. The first-order valence-corrected chi connectivity index (χ1v) is 13.2. The minimum absolute atomic E-state index is 0.0225. The molecule has 2 aliphatic rings. The van der Waals surface area contributed by atoms with E-state index in [1.165, 1.54) is 0 Å². The lowest BCUT2D eigenvalue weighted by atomic mass is 9.98. The van der Waals surface area contributed by atoms with Gasteiger partial charge in [0, 0.05) is 0 Å². The number of amides is 3. The van der Waals surface area contributed by atoms with E-state index in [-0.39, 0.29) is 17.2 Å². The summed E-state index contributed by atoms with van der Waals surface area (Å²) in [6, 6.07) is 6.24. The van der Waals surface area contributed by atoms with E-state index in [4.69, 9.17) is 14.2 Å². The van der Waals surface area contributed by atoms with E-state index < -0.39 is 65.1 Å². The van der Waals surface area contributed by atoms with E-state index in [9.17, 15) is 29.1 Å². The molecule has 12 nitrogen and oxygen atoms in total. The van der Waals surface area contributed by atoms with Crippen LogP contribution in [-0.2, 0) is 33.4 Å². The monoisotopic (exact) mass is 563 g/mol. The number of rotatable bonds is 7. The second-order valence-corrected chi connectivity index (χ2v) is 12.0. The first kappa shape index (κ1) is 29.8. The molecule has 13 heteroatoms. The summed E-state index contributed by atoms with van der Waals surface area (Å²) < 4.78 is 15.2. The van der Waals surface area contributed by atoms with Crippen molar-refractivity contribution in [2.45, 2.75) is 64.6 Å². The number of fused-ring (bicyclic) bond motifs is 1. The van der Waals surface area contributed by atoms with Crippen LogP contribution < -0.4 is 10.6 Å². The van der Waals surface area contributed by atoms with Gasteiger partial charge in [0.15, 0.2) is 5.70 Å². The highest BCUT2D eigenvalue weighted by Gasteiger charge is 2.55. The lowest BCUT2D eigenvalue weighted by Crippen LogP contribution is -2.71. The van der Waals surface area contributed by atoms with E-state index in [0.29, 0.717) is 5.56 Å². The van der Waals surface area contributed by atoms with Crippen molar-refractivity contribution in [2.75, 3.05) is 12.5 Å². The molecule has 0 aromatic heterocycles. The normalized spacial score (nSPS) is 19.7. The van der Waals surface area contributed by atoms with Crippen LogP contribution in [0.2, 0.25) is 0 Å². The summed E-state index contributed by atoms with van der Waals surface area (Å²) in [6.07, 6.45) is -0.815. The molecule has 0 radical (unpaired) electrons. The fourth-order valence-corrected chi connectivity index (χ4v) is 4.82. The summed E-state index contributed by atoms with van der Waals surface area (Å²) in [7, 11) is 0. The van der Waals surface area contributed by atoms with Crippen molar-refractivity contribution >= 4 is 41.6 Å². The maximum atomic E-state index is 13.3. The molecule has 1 aromatic carbocycles. The van der Waals surface area contributed by atoms with Gasteiger partial charge in [-0.3, -0.25) is 19.3 Å². The van der Waals surface area contributed by atoms with Crippen LogP contribution in [0.25, 0.3) is 0 Å². The Kier molecular flexibility index (Phi) is 8.84. The molecule has 0 saturated carbocycles. The molecule has 39 heavy (non-hydrogen) atoms. The van der Waals surface area contributed by atoms with Gasteiger partial charge in [0.2, 0.25) is 12.7 Å². The van der Waals surface area contributed by atoms with E-state index >= 15 is 0 Å². The van der Waals surface area contributed by atoms with Crippen LogP contribution in [0, 0.1) is 5.41 Å². The molecular formula is C26H33N3O9S. The van der Waals surface area contributed by atoms with Gasteiger partial charge in [0.25, 0.3) is 5.91 Å². The summed E-state index contributed by atoms with van der Waals surface area (Å²) in [5, 5.41) is 14.8. The summed E-state index contributed by atoms with van der Waals surface area (Å²) >= 11 is 1.13. The second kappa shape index (κ2) is 11.6. The van der Waals surface area contributed by atoms with Crippen LogP contribution in [-0.4, -0.2) is 69.4 Å². The van der Waals surface area contributed by atoms with Crippen molar-refractivity contribution in [3.63, 3.8) is 0 Å². The van der Waals surface area contributed by atoms with Gasteiger partial charge in [-0.05, 0) is 47.1 Å². The van der Waals surface area contributed by atoms with Crippen LogP contribution in [0.4, 0.5) is 4.79 Å². The maximum absolute atomic E-state index is 13.3. The molecule has 1 aromatic rings. The van der Waals surface area contributed by atoms with E-state index in [1.54, 1.807) is 71.9 Å². The van der Waals surface area contributed by atoms with Crippen molar-refractivity contribution in [1.82, 2.24) is 15.5 Å². The van der Waals surface area contributed by atoms with E-state index in [1.807, 2.05) is 0 Å². The number of carbonyl (C=O) groups excluding carboxylic acids is 5. The van der Waals surface area contributed by atoms with E-state index in [0.717, 1.165) is 16.7 Å². The molecule has 3 atom stereocenters. The van der Waals surface area contributed by atoms with Crippen molar-refractivity contribution in [2.24, 2.45) is 5.41 Å². The highest BCUT2D eigenvalue weighted by Crippen LogP contribution is 2.40. The molecule has 0 bridgehead atoms. The van der Waals surface area contributed by atoms with Gasteiger partial charge in [0.05, 0.1) is 11.2 Å². The Labute approximate surface area is 230 Å². The summed E-state index contributed by atoms with van der Waals surface area (Å²) in [4.78, 5) is 64.3. The molecule has 212 valence electrons. The third-order valence-corrected chi connectivity index (χ3v) is 6.75. The largest absolute Gasteiger partial charge is 0.509 e. The van der Waals surface area contributed by atoms with Gasteiger partial charge in [0.1, 0.15) is 28.8 Å². The number of ether oxygens (including phenoxy) is 3. The van der Waals surface area contributed by atoms with Crippen molar-refractivity contribution in [3.8, 4) is 0 Å². The zero-order valence-electron chi connectivity index (χ0n) is 22.6. The number of aliphatic hydroxyl groups excluding tert-OH is 1. The van der Waals surface area contributed by atoms with Crippen LogP contribution in [0.1, 0.15) is 53.1 Å². The number of nitrogens with zero attached hydrogens (tertiary/aromatic N) is 1. The third kappa shape index (κ3) is 7.22. The minimum Gasteiger partial charge on any atom is -0.509 e. The molecule has 0 aliphatic carbocycles. The highest BCUT2D eigenvalue weighted by atomic mass is 32.2. The molecule has 3 N–H and O–H groups in total. The van der Waals surface area contributed by atoms with Gasteiger partial charge in [-0.25, -0.2) is 9.59 Å². The predicted molar refractivity (Wildman–Crippen MR) is 140 cm³/mol. The van der Waals surface area contributed by atoms with E-state index in [2.05, 4.69) is 10.6 Å². The molecule has 0 spiro atoms. The Morgan fingerprint density at radius 1 is 1.08 bits per heavy atom. The van der Waals surface area contributed by atoms with Crippen LogP contribution >= 0.6 is 11.8 Å². The van der Waals surface area contributed by atoms with Gasteiger partial charge < -0.3 is 30.0 Å². The van der Waals surface area contributed by atoms with Gasteiger partial charge in [-0.2, -0.15) is 0 Å². The first-order chi connectivity index (χ1) is 18.1. The first-order valence-electron chi connectivity index (χ1n) is 12.2. The molecule has 2 heterocycles. The number of hydrogen-bond donors (Lipinski definition) is 3. The number of hydrogen-bond acceptors (Lipinski definition) is 10. The van der Waals surface area contributed by atoms with Crippen LogP contribution in [0.3, 0.4) is 0 Å². The lowest BCUT2D eigenvalue weighted by molar-refractivity contribution is -0.173. The van der Waals surface area contributed by atoms with Crippen LogP contribution in [0.5, 0.6) is 0 Å². The highest BCUT2D eigenvalue weighted by molar-refractivity contribution is 8.00.